The van der Waals surface area contributed by atoms with Gasteiger partial charge in [0, 0.05) is 38.3 Å². The van der Waals surface area contributed by atoms with Crippen LogP contribution >= 0.6 is 23.1 Å². The number of anilines is 1. The fraction of sp³-hybridized carbons (Fsp3) is 0.792. The van der Waals surface area contributed by atoms with Crippen molar-refractivity contribution >= 4 is 40.2 Å². The maximum Gasteiger partial charge on any atom is 0.324 e. The molecule has 0 unspecified atom stereocenters. The van der Waals surface area contributed by atoms with Crippen LogP contribution in [0.2, 0.25) is 0 Å². The lowest BCUT2D eigenvalue weighted by atomic mass is 9.89. The van der Waals surface area contributed by atoms with E-state index < -0.39 is 0 Å². The van der Waals surface area contributed by atoms with Gasteiger partial charge in [-0.3, -0.25) is 10.1 Å². The SMILES string of the molecule is CCN1CCN(C(=O)CSc2cnc(NC(=O)N(C3CCCCC3)C3CCCCC3)s2)CC1. The van der Waals surface area contributed by atoms with E-state index in [1.54, 1.807) is 6.20 Å². The summed E-state index contributed by atoms with van der Waals surface area (Å²) < 4.78 is 0.979. The van der Waals surface area contributed by atoms with E-state index in [-0.39, 0.29) is 11.9 Å². The van der Waals surface area contributed by atoms with E-state index in [1.807, 2.05) is 4.90 Å². The first-order chi connectivity index (χ1) is 16.1. The quantitative estimate of drug-likeness (QED) is 0.547. The van der Waals surface area contributed by atoms with E-state index >= 15 is 0 Å². The van der Waals surface area contributed by atoms with Crippen molar-refractivity contribution < 1.29 is 9.59 Å². The number of urea groups is 1. The van der Waals surface area contributed by atoms with Crippen LogP contribution < -0.4 is 5.32 Å². The number of hydrogen-bond acceptors (Lipinski definition) is 6. The molecule has 1 saturated heterocycles. The Morgan fingerprint density at radius 2 is 1.64 bits per heavy atom. The van der Waals surface area contributed by atoms with E-state index in [0.717, 1.165) is 62.6 Å². The van der Waals surface area contributed by atoms with E-state index in [0.29, 0.717) is 23.0 Å². The number of rotatable bonds is 7. The Bertz CT molecular complexity index is 751. The predicted molar refractivity (Wildman–Crippen MR) is 136 cm³/mol. The summed E-state index contributed by atoms with van der Waals surface area (Å²) in [6.07, 6.45) is 13.7. The van der Waals surface area contributed by atoms with Crippen molar-refractivity contribution in [1.82, 2.24) is 19.7 Å². The molecule has 2 heterocycles. The minimum Gasteiger partial charge on any atom is -0.339 e. The highest BCUT2D eigenvalue weighted by atomic mass is 32.2. The number of likely N-dealkylation sites (N-methyl/N-ethyl adjacent to an activating group) is 1. The summed E-state index contributed by atoms with van der Waals surface area (Å²) in [4.78, 5) is 36.9. The maximum absolute atomic E-state index is 13.4. The zero-order chi connectivity index (χ0) is 23.0. The van der Waals surface area contributed by atoms with Crippen LogP contribution in [-0.2, 0) is 4.79 Å². The van der Waals surface area contributed by atoms with Crippen molar-refractivity contribution in [3.8, 4) is 0 Å². The highest BCUT2D eigenvalue weighted by molar-refractivity contribution is 8.01. The summed E-state index contributed by atoms with van der Waals surface area (Å²) in [7, 11) is 0. The van der Waals surface area contributed by atoms with Gasteiger partial charge in [0.1, 0.15) is 0 Å². The molecule has 0 spiro atoms. The summed E-state index contributed by atoms with van der Waals surface area (Å²) in [5.41, 5.74) is 0. The number of thioether (sulfide) groups is 1. The molecule has 1 aromatic rings. The molecule has 1 aromatic heterocycles. The molecule has 1 N–H and O–H groups in total. The van der Waals surface area contributed by atoms with Gasteiger partial charge in [0.15, 0.2) is 5.13 Å². The number of thiazole rings is 1. The van der Waals surface area contributed by atoms with Gasteiger partial charge in [-0.1, -0.05) is 56.8 Å². The Morgan fingerprint density at radius 3 is 2.21 bits per heavy atom. The Kier molecular flexibility index (Phi) is 9.32. The minimum absolute atomic E-state index is 0.0181. The molecule has 2 aliphatic carbocycles. The lowest BCUT2D eigenvalue weighted by molar-refractivity contribution is -0.130. The van der Waals surface area contributed by atoms with E-state index in [2.05, 4.69) is 27.0 Å². The second-order valence-corrected chi connectivity index (χ2v) is 11.8. The average Bonchev–Trinajstić information content (AvgIpc) is 3.31. The lowest BCUT2D eigenvalue weighted by Gasteiger charge is -2.41. The van der Waals surface area contributed by atoms with Crippen LogP contribution in [0.5, 0.6) is 0 Å². The number of nitrogens with one attached hydrogen (secondary N) is 1. The number of amides is 3. The van der Waals surface area contributed by atoms with Gasteiger partial charge in [-0.2, -0.15) is 0 Å². The molecular formula is C24H39N5O2S2. The van der Waals surface area contributed by atoms with Crippen molar-refractivity contribution in [2.45, 2.75) is 87.4 Å². The van der Waals surface area contributed by atoms with Gasteiger partial charge in [0.25, 0.3) is 0 Å². The summed E-state index contributed by atoms with van der Waals surface area (Å²) >= 11 is 3.01. The fourth-order valence-corrected chi connectivity index (χ4v) is 7.19. The highest BCUT2D eigenvalue weighted by Crippen LogP contribution is 2.32. The number of carbonyl (C=O) groups excluding carboxylic acids is 2. The topological polar surface area (TPSA) is 68.8 Å². The zero-order valence-electron chi connectivity index (χ0n) is 20.0. The number of aromatic nitrogens is 1. The van der Waals surface area contributed by atoms with Gasteiger partial charge in [-0.25, -0.2) is 9.78 Å². The molecule has 3 aliphatic rings. The molecular weight excluding hydrogens is 454 g/mol. The number of hydrogen-bond donors (Lipinski definition) is 1. The van der Waals surface area contributed by atoms with Crippen LogP contribution in [-0.4, -0.2) is 82.2 Å². The van der Waals surface area contributed by atoms with Gasteiger partial charge in [0.05, 0.1) is 16.2 Å². The van der Waals surface area contributed by atoms with Crippen LogP contribution in [0, 0.1) is 0 Å². The molecule has 0 atom stereocenters. The number of carbonyl (C=O) groups is 2. The Balaban J connectivity index is 1.29. The van der Waals surface area contributed by atoms with E-state index in [1.165, 1.54) is 61.6 Å². The maximum atomic E-state index is 13.4. The molecule has 0 radical (unpaired) electrons. The van der Waals surface area contributed by atoms with Crippen LogP contribution in [0.3, 0.4) is 0 Å². The molecule has 0 bridgehead atoms. The van der Waals surface area contributed by atoms with Crippen LogP contribution in [0.15, 0.2) is 10.4 Å². The molecule has 9 heteroatoms. The van der Waals surface area contributed by atoms with Gasteiger partial charge in [0.2, 0.25) is 5.91 Å². The largest absolute Gasteiger partial charge is 0.339 e. The summed E-state index contributed by atoms with van der Waals surface area (Å²) in [5, 5.41) is 3.74. The third-order valence-corrected chi connectivity index (χ3v) is 9.47. The predicted octanol–water partition coefficient (Wildman–Crippen LogP) is 4.90. The van der Waals surface area contributed by atoms with Gasteiger partial charge < -0.3 is 14.7 Å². The van der Waals surface area contributed by atoms with Crippen molar-refractivity contribution in [1.29, 1.82) is 0 Å². The fourth-order valence-electron chi connectivity index (χ4n) is 5.43. The standard InChI is InChI=1S/C24H39N5O2S2/c1-2-27-13-15-28(16-14-27)21(30)18-32-22-17-25-23(33-22)26-24(31)29(19-9-5-3-6-10-19)20-11-7-4-8-12-20/h17,19-20H,2-16,18H2,1H3,(H,25,26,31). The molecule has 1 aliphatic heterocycles. The first-order valence-electron chi connectivity index (χ1n) is 12.8. The molecule has 2 saturated carbocycles. The van der Waals surface area contributed by atoms with Crippen molar-refractivity contribution in [2.75, 3.05) is 43.8 Å². The molecule has 184 valence electrons. The highest BCUT2D eigenvalue weighted by Gasteiger charge is 2.33. The van der Waals surface area contributed by atoms with Gasteiger partial charge >= 0.3 is 6.03 Å². The third-order valence-electron chi connectivity index (χ3n) is 7.38. The first kappa shape index (κ1) is 24.8. The monoisotopic (exact) mass is 493 g/mol. The Morgan fingerprint density at radius 1 is 1.03 bits per heavy atom. The van der Waals surface area contributed by atoms with Crippen molar-refractivity contribution in [3.63, 3.8) is 0 Å². The lowest BCUT2D eigenvalue weighted by Crippen LogP contribution is -2.50. The van der Waals surface area contributed by atoms with E-state index in [9.17, 15) is 9.59 Å². The van der Waals surface area contributed by atoms with Gasteiger partial charge in [-0.15, -0.1) is 11.8 Å². The summed E-state index contributed by atoms with van der Waals surface area (Å²) in [5.74, 6) is 0.619. The first-order valence-corrected chi connectivity index (χ1v) is 14.6. The molecule has 3 amide bonds. The van der Waals surface area contributed by atoms with Crippen molar-refractivity contribution in [2.24, 2.45) is 0 Å². The van der Waals surface area contributed by atoms with Crippen LogP contribution in [0.25, 0.3) is 0 Å². The second-order valence-electron chi connectivity index (χ2n) is 9.51. The second kappa shape index (κ2) is 12.4. The smallest absolute Gasteiger partial charge is 0.324 e. The third kappa shape index (κ3) is 6.85. The normalized spacial score (nSPS) is 21.2. The summed E-state index contributed by atoms with van der Waals surface area (Å²) in [6.45, 7) is 6.76. The number of piperazine rings is 1. The Labute approximate surface area is 206 Å². The summed E-state index contributed by atoms with van der Waals surface area (Å²) in [6, 6.07) is 0.743. The number of nitrogens with zero attached hydrogens (tertiary/aromatic N) is 4. The molecule has 7 nitrogen and oxygen atoms in total. The molecule has 33 heavy (non-hydrogen) atoms. The Hall–Kier alpha value is -1.32. The van der Waals surface area contributed by atoms with E-state index in [4.69, 9.17) is 0 Å². The van der Waals surface area contributed by atoms with Crippen molar-refractivity contribution in [3.05, 3.63) is 6.20 Å². The van der Waals surface area contributed by atoms with Crippen LogP contribution in [0.4, 0.5) is 9.93 Å². The molecule has 0 aromatic carbocycles. The van der Waals surface area contributed by atoms with Gasteiger partial charge in [-0.05, 0) is 32.2 Å². The minimum atomic E-state index is 0.0181. The van der Waals surface area contributed by atoms with Crippen LogP contribution in [0.1, 0.15) is 71.1 Å². The molecule has 3 fully saturated rings. The molecule has 4 rings (SSSR count). The average molecular weight is 494 g/mol. The zero-order valence-corrected chi connectivity index (χ0v) is 21.6.